The minimum Gasteiger partial charge on any atom is -0.495 e. The van der Waals surface area contributed by atoms with Crippen molar-refractivity contribution in [2.24, 2.45) is 5.92 Å². The van der Waals surface area contributed by atoms with E-state index in [9.17, 15) is 4.79 Å². The normalized spacial score (nSPS) is 24.8. The lowest BCUT2D eigenvalue weighted by molar-refractivity contribution is 0.0397. The quantitative estimate of drug-likeness (QED) is 0.667. The first kappa shape index (κ1) is 22.5. The summed E-state index contributed by atoms with van der Waals surface area (Å²) in [7, 11) is 1.73. The van der Waals surface area contributed by atoms with E-state index in [0.29, 0.717) is 12.0 Å². The minimum absolute atomic E-state index is 0. The zero-order valence-corrected chi connectivity index (χ0v) is 19.7. The van der Waals surface area contributed by atoms with Crippen molar-refractivity contribution in [3.63, 3.8) is 0 Å². The first-order chi connectivity index (χ1) is 14.7. The van der Waals surface area contributed by atoms with Crippen LogP contribution in [0.25, 0.3) is 10.9 Å². The van der Waals surface area contributed by atoms with Crippen molar-refractivity contribution in [1.82, 2.24) is 14.4 Å². The number of ether oxygens (including phenoxy) is 1. The maximum atomic E-state index is 13.8. The van der Waals surface area contributed by atoms with E-state index in [1.807, 2.05) is 12.1 Å². The molecule has 6 heteroatoms. The van der Waals surface area contributed by atoms with Gasteiger partial charge in [-0.2, -0.15) is 0 Å². The summed E-state index contributed by atoms with van der Waals surface area (Å²) < 4.78 is 8.03. The van der Waals surface area contributed by atoms with Crippen LogP contribution >= 0.6 is 12.4 Å². The maximum Gasteiger partial charge on any atom is 0.256 e. The van der Waals surface area contributed by atoms with E-state index in [-0.39, 0.29) is 24.4 Å². The lowest BCUT2D eigenvalue weighted by Crippen LogP contribution is -2.56. The Labute approximate surface area is 192 Å². The first-order valence-electron chi connectivity index (χ1n) is 11.9. The molecule has 0 N–H and O–H groups in total. The number of methoxy groups -OCH3 is 1. The minimum atomic E-state index is 0. The zero-order chi connectivity index (χ0) is 20.7. The third-order valence-corrected chi connectivity index (χ3v) is 7.69. The van der Waals surface area contributed by atoms with Crippen LogP contribution in [0.4, 0.5) is 0 Å². The summed E-state index contributed by atoms with van der Waals surface area (Å²) in [5.41, 5.74) is 1.93. The highest BCUT2D eigenvalue weighted by molar-refractivity contribution is 6.08. The molecule has 0 unspecified atom stereocenters. The Bertz CT molecular complexity index is 921. The molecule has 0 radical (unpaired) electrons. The van der Waals surface area contributed by atoms with Gasteiger partial charge in [0.25, 0.3) is 5.91 Å². The summed E-state index contributed by atoms with van der Waals surface area (Å²) in [5.74, 6) is 1.76. The van der Waals surface area contributed by atoms with Crippen LogP contribution in [0.15, 0.2) is 24.4 Å². The molecule has 2 aliphatic heterocycles. The van der Waals surface area contributed by atoms with Crippen molar-refractivity contribution < 1.29 is 9.53 Å². The van der Waals surface area contributed by atoms with E-state index in [2.05, 4.69) is 33.6 Å². The second kappa shape index (κ2) is 9.41. The van der Waals surface area contributed by atoms with E-state index < -0.39 is 0 Å². The average molecular weight is 446 g/mol. The van der Waals surface area contributed by atoms with Gasteiger partial charge in [0.05, 0.1) is 18.2 Å². The molecule has 5 nitrogen and oxygen atoms in total. The maximum absolute atomic E-state index is 13.8. The molecular formula is C25H36ClN3O2. The van der Waals surface area contributed by atoms with Crippen molar-refractivity contribution in [3.8, 4) is 5.75 Å². The number of carbonyl (C=O) groups is 1. The molecule has 1 aromatic carbocycles. The predicted molar refractivity (Wildman–Crippen MR) is 127 cm³/mol. The molecule has 1 aromatic heterocycles. The number of hydrogen-bond donors (Lipinski definition) is 0. The van der Waals surface area contributed by atoms with Crippen LogP contribution in [0.5, 0.6) is 5.75 Å². The Morgan fingerprint density at radius 2 is 1.90 bits per heavy atom. The summed E-state index contributed by atoms with van der Waals surface area (Å²) >= 11 is 0. The van der Waals surface area contributed by atoms with Crippen molar-refractivity contribution in [2.45, 2.75) is 70.5 Å². The van der Waals surface area contributed by atoms with Gasteiger partial charge in [-0.05, 0) is 51.1 Å². The molecule has 1 aliphatic carbocycles. The smallest absolute Gasteiger partial charge is 0.256 e. The number of fused-ring (bicyclic) bond motifs is 2. The van der Waals surface area contributed by atoms with Gasteiger partial charge in [-0.25, -0.2) is 0 Å². The second-order valence-corrected chi connectivity index (χ2v) is 9.65. The van der Waals surface area contributed by atoms with Crippen LogP contribution in [-0.2, 0) is 6.54 Å². The van der Waals surface area contributed by atoms with Crippen molar-refractivity contribution in [3.05, 3.63) is 30.0 Å². The molecule has 31 heavy (non-hydrogen) atoms. The molecule has 3 aliphatic rings. The fraction of sp³-hybridized carbons (Fsp3) is 0.640. The molecule has 0 spiro atoms. The van der Waals surface area contributed by atoms with Gasteiger partial charge in [0.1, 0.15) is 5.75 Å². The highest BCUT2D eigenvalue weighted by Gasteiger charge is 2.37. The number of halogens is 1. The number of benzene rings is 1. The monoisotopic (exact) mass is 445 g/mol. The van der Waals surface area contributed by atoms with Crippen LogP contribution in [0, 0.1) is 5.92 Å². The number of carbonyl (C=O) groups excluding carboxylic acids is 1. The molecular weight excluding hydrogens is 410 g/mol. The topological polar surface area (TPSA) is 37.7 Å². The van der Waals surface area contributed by atoms with E-state index in [1.165, 1.54) is 51.5 Å². The number of rotatable bonds is 4. The number of hydrogen-bond acceptors (Lipinski definition) is 3. The number of para-hydroxylation sites is 1. The summed E-state index contributed by atoms with van der Waals surface area (Å²) in [5, 5.41) is 1.04. The van der Waals surface area contributed by atoms with Gasteiger partial charge in [-0.15, -0.1) is 12.4 Å². The molecule has 3 heterocycles. The summed E-state index contributed by atoms with van der Waals surface area (Å²) in [4.78, 5) is 18.5. The van der Waals surface area contributed by atoms with E-state index >= 15 is 0 Å². The summed E-state index contributed by atoms with van der Waals surface area (Å²) in [6.07, 6.45) is 11.2. The largest absolute Gasteiger partial charge is 0.495 e. The zero-order valence-electron chi connectivity index (χ0n) is 18.9. The van der Waals surface area contributed by atoms with Crippen LogP contribution < -0.4 is 4.74 Å². The summed E-state index contributed by atoms with van der Waals surface area (Å²) in [6.45, 7) is 6.24. The Morgan fingerprint density at radius 1 is 1.10 bits per heavy atom. The van der Waals surface area contributed by atoms with Crippen molar-refractivity contribution in [1.29, 1.82) is 0 Å². The molecule has 2 aromatic rings. The van der Waals surface area contributed by atoms with Gasteiger partial charge in [0.15, 0.2) is 0 Å². The molecule has 2 saturated heterocycles. The van der Waals surface area contributed by atoms with Crippen LogP contribution in [0.1, 0.15) is 62.2 Å². The second-order valence-electron chi connectivity index (χ2n) is 9.65. The Morgan fingerprint density at radius 3 is 2.68 bits per heavy atom. The lowest BCUT2D eigenvalue weighted by Gasteiger charge is -2.42. The van der Waals surface area contributed by atoms with E-state index in [4.69, 9.17) is 4.74 Å². The Kier molecular flexibility index (Phi) is 6.83. The van der Waals surface area contributed by atoms with Gasteiger partial charge in [-0.3, -0.25) is 9.69 Å². The van der Waals surface area contributed by atoms with Crippen LogP contribution in [0.3, 0.4) is 0 Å². The standard InChI is InChI=1S/C25H35N3O2.ClH/c1-18-14-26-13-7-10-20(26)16-28(18)25(29)22-17-27(15-19-8-4-3-5-9-19)24-21(22)11-6-12-23(24)30-2;/h6,11-12,17-20H,3-5,7-10,13-16H2,1-2H3;1H/t18-,20+;/m1./s1. The van der Waals surface area contributed by atoms with E-state index in [1.54, 1.807) is 7.11 Å². The predicted octanol–water partition coefficient (Wildman–Crippen LogP) is 4.96. The fourth-order valence-electron chi connectivity index (χ4n) is 6.08. The molecule has 1 amide bonds. The van der Waals surface area contributed by atoms with E-state index in [0.717, 1.165) is 41.9 Å². The fourth-order valence-corrected chi connectivity index (χ4v) is 6.08. The van der Waals surface area contributed by atoms with Gasteiger partial charge in [0, 0.05) is 43.3 Å². The number of aromatic nitrogens is 1. The lowest BCUT2D eigenvalue weighted by atomic mass is 9.89. The molecule has 1 saturated carbocycles. The Balaban J connectivity index is 0.00000231. The SMILES string of the molecule is COc1cccc2c(C(=O)N3C[C@@H]4CCCN4C[C@H]3C)cn(CC3CCCCC3)c12.Cl. The van der Waals surface area contributed by atoms with Gasteiger partial charge in [-0.1, -0.05) is 31.4 Å². The van der Waals surface area contributed by atoms with Crippen LogP contribution in [0.2, 0.25) is 0 Å². The van der Waals surface area contributed by atoms with Gasteiger partial charge in [0.2, 0.25) is 0 Å². The van der Waals surface area contributed by atoms with Gasteiger partial charge < -0.3 is 14.2 Å². The van der Waals surface area contributed by atoms with Crippen molar-refractivity contribution >= 4 is 29.2 Å². The van der Waals surface area contributed by atoms with Gasteiger partial charge >= 0.3 is 0 Å². The number of piperazine rings is 1. The van der Waals surface area contributed by atoms with Crippen molar-refractivity contribution in [2.75, 3.05) is 26.7 Å². The molecule has 170 valence electrons. The summed E-state index contributed by atoms with van der Waals surface area (Å²) in [6, 6.07) is 6.93. The Hall–Kier alpha value is -1.72. The highest BCUT2D eigenvalue weighted by Crippen LogP contribution is 2.34. The third kappa shape index (κ3) is 4.19. The molecule has 2 atom stereocenters. The third-order valence-electron chi connectivity index (χ3n) is 7.69. The number of nitrogens with zero attached hydrogens (tertiary/aromatic N) is 3. The number of amides is 1. The first-order valence-corrected chi connectivity index (χ1v) is 11.9. The molecule has 5 rings (SSSR count). The molecule has 0 bridgehead atoms. The average Bonchev–Trinajstić information content (AvgIpc) is 3.37. The van der Waals surface area contributed by atoms with Crippen LogP contribution in [-0.4, -0.2) is 59.1 Å². The molecule has 3 fully saturated rings. The highest BCUT2D eigenvalue weighted by atomic mass is 35.5.